The van der Waals surface area contributed by atoms with E-state index in [0.29, 0.717) is 22.2 Å². The van der Waals surface area contributed by atoms with Crippen LogP contribution < -0.4 is 11.1 Å². The Morgan fingerprint density at radius 2 is 2.12 bits per heavy atom. The van der Waals surface area contributed by atoms with E-state index in [1.165, 1.54) is 0 Å². The molecule has 0 aliphatic rings. The van der Waals surface area contributed by atoms with E-state index < -0.39 is 0 Å². The summed E-state index contributed by atoms with van der Waals surface area (Å²) in [6.07, 6.45) is 0. The van der Waals surface area contributed by atoms with Gasteiger partial charge in [-0.2, -0.15) is 0 Å². The maximum atomic E-state index is 11.8. The maximum absolute atomic E-state index is 11.8. The highest BCUT2D eigenvalue weighted by Crippen LogP contribution is 2.23. The summed E-state index contributed by atoms with van der Waals surface area (Å²) in [6.45, 7) is 1.77. The van der Waals surface area contributed by atoms with Gasteiger partial charge in [0.05, 0.1) is 11.4 Å². The van der Waals surface area contributed by atoms with Crippen LogP contribution in [0.3, 0.4) is 0 Å². The molecule has 88 valence electrons. The number of benzene rings is 1. The van der Waals surface area contributed by atoms with E-state index in [-0.39, 0.29) is 11.7 Å². The minimum atomic E-state index is -0.355. The zero-order valence-corrected chi connectivity index (χ0v) is 9.91. The average molecular weight is 251 g/mol. The second kappa shape index (κ2) is 4.51. The van der Waals surface area contributed by atoms with Crippen LogP contribution in [0.25, 0.3) is 0 Å². The largest absolute Gasteiger partial charge is 0.456 e. The first kappa shape index (κ1) is 11.5. The van der Waals surface area contributed by atoms with Gasteiger partial charge in [-0.1, -0.05) is 11.6 Å². The van der Waals surface area contributed by atoms with Gasteiger partial charge in [0.25, 0.3) is 5.91 Å². The van der Waals surface area contributed by atoms with Gasteiger partial charge in [0.2, 0.25) is 0 Å². The second-order valence-electron chi connectivity index (χ2n) is 3.60. The SMILES string of the molecule is Cc1ccc(C(=O)Nc2cc(Cl)ccc2N)o1. The maximum Gasteiger partial charge on any atom is 0.291 e. The van der Waals surface area contributed by atoms with Gasteiger partial charge in [-0.3, -0.25) is 4.79 Å². The van der Waals surface area contributed by atoms with E-state index in [0.717, 1.165) is 0 Å². The standard InChI is InChI=1S/C12H11ClN2O2/c1-7-2-5-11(17-7)12(16)15-10-6-8(13)3-4-9(10)14/h2-6H,14H2,1H3,(H,15,16). The van der Waals surface area contributed by atoms with Crippen molar-refractivity contribution < 1.29 is 9.21 Å². The zero-order chi connectivity index (χ0) is 12.4. The minimum absolute atomic E-state index is 0.238. The van der Waals surface area contributed by atoms with Gasteiger partial charge >= 0.3 is 0 Å². The Bertz CT molecular complexity index is 563. The third kappa shape index (κ3) is 2.60. The highest BCUT2D eigenvalue weighted by Gasteiger charge is 2.11. The summed E-state index contributed by atoms with van der Waals surface area (Å²) < 4.78 is 5.20. The lowest BCUT2D eigenvalue weighted by Crippen LogP contribution is -2.12. The first-order valence-electron chi connectivity index (χ1n) is 4.99. The van der Waals surface area contributed by atoms with E-state index in [9.17, 15) is 4.79 Å². The molecular formula is C12H11ClN2O2. The van der Waals surface area contributed by atoms with Crippen LogP contribution in [0, 0.1) is 6.92 Å². The van der Waals surface area contributed by atoms with Crippen LogP contribution in [0.5, 0.6) is 0 Å². The van der Waals surface area contributed by atoms with Crippen LogP contribution in [0.2, 0.25) is 5.02 Å². The number of nitrogen functional groups attached to an aromatic ring is 1. The summed E-state index contributed by atoms with van der Waals surface area (Å²) in [5.41, 5.74) is 6.64. The number of halogens is 1. The Kier molecular flexibility index (Phi) is 3.06. The van der Waals surface area contributed by atoms with Crippen molar-refractivity contribution in [1.29, 1.82) is 0 Å². The number of nitrogens with one attached hydrogen (secondary N) is 1. The molecule has 0 bridgehead atoms. The second-order valence-corrected chi connectivity index (χ2v) is 4.03. The number of carbonyl (C=O) groups excluding carboxylic acids is 1. The molecule has 17 heavy (non-hydrogen) atoms. The number of rotatable bonds is 2. The van der Waals surface area contributed by atoms with E-state index in [4.69, 9.17) is 21.8 Å². The molecule has 0 spiro atoms. The Labute approximate surface area is 103 Å². The van der Waals surface area contributed by atoms with Crippen LogP contribution >= 0.6 is 11.6 Å². The van der Waals surface area contributed by atoms with Crippen molar-refractivity contribution in [1.82, 2.24) is 0 Å². The summed E-state index contributed by atoms with van der Waals surface area (Å²) in [5.74, 6) is 0.558. The van der Waals surface area contributed by atoms with E-state index >= 15 is 0 Å². The van der Waals surface area contributed by atoms with Crippen LogP contribution in [0.4, 0.5) is 11.4 Å². The highest BCUT2D eigenvalue weighted by molar-refractivity contribution is 6.31. The molecule has 0 aliphatic carbocycles. The Hall–Kier alpha value is -1.94. The molecule has 0 radical (unpaired) electrons. The van der Waals surface area contributed by atoms with Gasteiger partial charge in [-0.25, -0.2) is 0 Å². The van der Waals surface area contributed by atoms with Crippen molar-refractivity contribution in [2.45, 2.75) is 6.92 Å². The third-order valence-electron chi connectivity index (χ3n) is 2.23. The zero-order valence-electron chi connectivity index (χ0n) is 9.16. The molecule has 3 N–H and O–H groups in total. The smallest absolute Gasteiger partial charge is 0.291 e. The molecule has 1 amide bonds. The van der Waals surface area contributed by atoms with Gasteiger partial charge in [0.1, 0.15) is 5.76 Å². The number of furan rings is 1. The van der Waals surface area contributed by atoms with Crippen molar-refractivity contribution in [2.24, 2.45) is 0 Å². The van der Waals surface area contributed by atoms with Gasteiger partial charge in [-0.15, -0.1) is 0 Å². The number of anilines is 2. The number of nitrogens with two attached hydrogens (primary N) is 1. The summed E-state index contributed by atoms with van der Waals surface area (Å²) in [7, 11) is 0. The predicted molar refractivity (Wildman–Crippen MR) is 67.3 cm³/mol. The predicted octanol–water partition coefficient (Wildman–Crippen LogP) is 3.08. The molecule has 1 aromatic carbocycles. The van der Waals surface area contributed by atoms with Crippen LogP contribution in [-0.2, 0) is 0 Å². The van der Waals surface area contributed by atoms with Crippen molar-refractivity contribution >= 4 is 28.9 Å². The Balaban J connectivity index is 2.21. The molecule has 2 rings (SSSR count). The Morgan fingerprint density at radius 1 is 1.35 bits per heavy atom. The van der Waals surface area contributed by atoms with Crippen molar-refractivity contribution in [3.63, 3.8) is 0 Å². The summed E-state index contributed by atoms with van der Waals surface area (Å²) in [6, 6.07) is 8.20. The fourth-order valence-electron chi connectivity index (χ4n) is 1.38. The molecule has 4 nitrogen and oxygen atoms in total. The monoisotopic (exact) mass is 250 g/mol. The summed E-state index contributed by atoms with van der Waals surface area (Å²) >= 11 is 5.82. The van der Waals surface area contributed by atoms with E-state index in [1.54, 1.807) is 37.3 Å². The van der Waals surface area contributed by atoms with Crippen molar-refractivity contribution in [3.05, 3.63) is 46.9 Å². The average Bonchev–Trinajstić information content (AvgIpc) is 2.70. The molecule has 0 saturated carbocycles. The van der Waals surface area contributed by atoms with Crippen LogP contribution in [0.1, 0.15) is 16.3 Å². The number of hydrogen-bond acceptors (Lipinski definition) is 3. The number of aryl methyl sites for hydroxylation is 1. The fraction of sp³-hybridized carbons (Fsp3) is 0.0833. The quantitative estimate of drug-likeness (QED) is 0.805. The molecule has 0 fully saturated rings. The first-order valence-corrected chi connectivity index (χ1v) is 5.37. The fourth-order valence-corrected chi connectivity index (χ4v) is 1.55. The molecule has 1 heterocycles. The molecule has 0 aliphatic heterocycles. The van der Waals surface area contributed by atoms with Gasteiger partial charge in [0, 0.05) is 5.02 Å². The number of carbonyl (C=O) groups is 1. The lowest BCUT2D eigenvalue weighted by Gasteiger charge is -2.06. The number of hydrogen-bond donors (Lipinski definition) is 2. The highest BCUT2D eigenvalue weighted by atomic mass is 35.5. The van der Waals surface area contributed by atoms with Crippen molar-refractivity contribution in [3.8, 4) is 0 Å². The van der Waals surface area contributed by atoms with E-state index in [2.05, 4.69) is 5.32 Å². The lowest BCUT2D eigenvalue weighted by atomic mass is 10.2. The minimum Gasteiger partial charge on any atom is -0.456 e. The molecule has 1 aromatic heterocycles. The normalized spacial score (nSPS) is 10.2. The van der Waals surface area contributed by atoms with Gasteiger partial charge in [0.15, 0.2) is 5.76 Å². The third-order valence-corrected chi connectivity index (χ3v) is 2.46. The Morgan fingerprint density at radius 3 is 2.76 bits per heavy atom. The molecule has 0 saturated heterocycles. The topological polar surface area (TPSA) is 68.3 Å². The summed E-state index contributed by atoms with van der Waals surface area (Å²) in [4.78, 5) is 11.8. The molecule has 0 atom stereocenters. The molecule has 2 aromatic rings. The first-order chi connectivity index (χ1) is 8.06. The van der Waals surface area contributed by atoms with Gasteiger partial charge in [-0.05, 0) is 37.3 Å². The molecule has 5 heteroatoms. The lowest BCUT2D eigenvalue weighted by molar-refractivity contribution is 0.0995. The molecule has 0 unspecified atom stereocenters. The summed E-state index contributed by atoms with van der Waals surface area (Å²) in [5, 5.41) is 3.14. The number of amides is 1. The van der Waals surface area contributed by atoms with Gasteiger partial charge < -0.3 is 15.5 Å². The van der Waals surface area contributed by atoms with E-state index in [1.807, 2.05) is 0 Å². The molecular weight excluding hydrogens is 240 g/mol. The van der Waals surface area contributed by atoms with Crippen LogP contribution in [0.15, 0.2) is 34.7 Å². The van der Waals surface area contributed by atoms with Crippen LogP contribution in [-0.4, -0.2) is 5.91 Å². The van der Waals surface area contributed by atoms with Crippen molar-refractivity contribution in [2.75, 3.05) is 11.1 Å².